The van der Waals surface area contributed by atoms with Crippen LogP contribution in [-0.2, 0) is 17.8 Å². The highest BCUT2D eigenvalue weighted by Crippen LogP contribution is 2.24. The van der Waals surface area contributed by atoms with Gasteiger partial charge in [0.25, 0.3) is 0 Å². The Bertz CT molecular complexity index is 882. The molecular weight excluding hydrogens is 535 g/mol. The summed E-state index contributed by atoms with van der Waals surface area (Å²) in [4.78, 5) is 20.3. The van der Waals surface area contributed by atoms with E-state index in [1.165, 1.54) is 10.4 Å². The van der Waals surface area contributed by atoms with Crippen LogP contribution in [0.3, 0.4) is 0 Å². The number of aliphatic imine (C=N–C) groups is 1. The van der Waals surface area contributed by atoms with Crippen molar-refractivity contribution in [2.75, 3.05) is 26.7 Å². The van der Waals surface area contributed by atoms with E-state index < -0.39 is 0 Å². The number of hydrogen-bond donors (Lipinski definition) is 2. The minimum absolute atomic E-state index is 0. The maximum atomic E-state index is 12.6. The number of fused-ring (bicyclic) bond motifs is 1. The number of rotatable bonds is 8. The summed E-state index contributed by atoms with van der Waals surface area (Å²) in [6, 6.07) is 10.4. The monoisotopic (exact) mass is 570 g/mol. The van der Waals surface area contributed by atoms with Crippen LogP contribution in [-0.4, -0.2) is 43.5 Å². The Kier molecular flexibility index (Phi) is 10.8. The number of ether oxygens (including phenoxy) is 1. The summed E-state index contributed by atoms with van der Waals surface area (Å²) in [5.74, 6) is 2.27. The van der Waals surface area contributed by atoms with Gasteiger partial charge >= 0.3 is 0 Å². The largest absolute Gasteiger partial charge is 0.493 e. The fourth-order valence-electron chi connectivity index (χ4n) is 3.51. The van der Waals surface area contributed by atoms with Gasteiger partial charge in [-0.2, -0.15) is 0 Å². The summed E-state index contributed by atoms with van der Waals surface area (Å²) in [5.41, 5.74) is 2.44. The van der Waals surface area contributed by atoms with Gasteiger partial charge in [-0.15, -0.1) is 35.3 Å². The molecule has 2 N–H and O–H groups in total. The number of guanidine groups is 1. The zero-order valence-corrected chi connectivity index (χ0v) is 22.5. The maximum absolute atomic E-state index is 12.6. The molecule has 8 heteroatoms. The molecule has 0 bridgehead atoms. The first-order valence-electron chi connectivity index (χ1n) is 11.0. The van der Waals surface area contributed by atoms with Crippen LogP contribution in [0.25, 0.3) is 0 Å². The predicted molar refractivity (Wildman–Crippen MR) is 143 cm³/mol. The molecular formula is C24H35IN4O2S. The summed E-state index contributed by atoms with van der Waals surface area (Å²) < 4.78 is 5.75. The Morgan fingerprint density at radius 2 is 1.97 bits per heavy atom. The van der Waals surface area contributed by atoms with Crippen molar-refractivity contribution in [2.45, 2.75) is 46.2 Å². The van der Waals surface area contributed by atoms with Crippen LogP contribution in [0.15, 0.2) is 40.7 Å². The van der Waals surface area contributed by atoms with E-state index in [2.05, 4.69) is 60.0 Å². The Balaban J connectivity index is 0.00000363. The van der Waals surface area contributed by atoms with E-state index in [9.17, 15) is 4.79 Å². The lowest BCUT2D eigenvalue weighted by Crippen LogP contribution is -2.41. The molecule has 0 fully saturated rings. The van der Waals surface area contributed by atoms with Crippen molar-refractivity contribution in [1.29, 1.82) is 0 Å². The van der Waals surface area contributed by atoms with Crippen molar-refractivity contribution in [3.8, 4) is 5.75 Å². The van der Waals surface area contributed by atoms with Crippen molar-refractivity contribution in [3.05, 3.63) is 51.7 Å². The Morgan fingerprint density at radius 3 is 2.66 bits per heavy atom. The number of halogens is 1. The van der Waals surface area contributed by atoms with Crippen molar-refractivity contribution >= 4 is 47.2 Å². The topological polar surface area (TPSA) is 66.0 Å². The third kappa shape index (κ3) is 7.65. The van der Waals surface area contributed by atoms with Crippen molar-refractivity contribution in [1.82, 2.24) is 15.5 Å². The molecule has 1 amide bonds. The molecule has 1 aliphatic heterocycles. The Morgan fingerprint density at radius 1 is 1.22 bits per heavy atom. The molecule has 0 radical (unpaired) electrons. The SMILES string of the molecule is CN=C(NCCC(=O)N1CCc2sccc2C1)NC(C)c1ccc(OCC(C)C)cc1.I. The van der Waals surface area contributed by atoms with E-state index in [1.54, 1.807) is 18.4 Å². The van der Waals surface area contributed by atoms with Crippen molar-refractivity contribution in [3.63, 3.8) is 0 Å². The normalized spacial score (nSPS) is 14.4. The van der Waals surface area contributed by atoms with Crippen LogP contribution in [0.4, 0.5) is 0 Å². The summed E-state index contributed by atoms with van der Waals surface area (Å²) >= 11 is 1.79. The molecule has 32 heavy (non-hydrogen) atoms. The first kappa shape index (κ1) is 26.4. The number of benzene rings is 1. The van der Waals surface area contributed by atoms with E-state index in [-0.39, 0.29) is 35.9 Å². The Hall–Kier alpha value is -1.81. The molecule has 0 saturated carbocycles. The van der Waals surface area contributed by atoms with Gasteiger partial charge in [0.2, 0.25) is 5.91 Å². The molecule has 1 unspecified atom stereocenters. The van der Waals surface area contributed by atoms with Crippen molar-refractivity contribution in [2.24, 2.45) is 10.9 Å². The Labute approximate surface area is 212 Å². The van der Waals surface area contributed by atoms with Gasteiger partial charge in [0.05, 0.1) is 12.6 Å². The molecule has 0 aliphatic carbocycles. The quantitative estimate of drug-likeness (QED) is 0.277. The molecule has 0 saturated heterocycles. The number of hydrogen-bond acceptors (Lipinski definition) is 4. The average Bonchev–Trinajstić information content (AvgIpc) is 3.25. The molecule has 1 aromatic heterocycles. The molecule has 3 rings (SSSR count). The highest BCUT2D eigenvalue weighted by molar-refractivity contribution is 14.0. The number of carbonyl (C=O) groups is 1. The van der Waals surface area contributed by atoms with Crippen LogP contribution in [0, 0.1) is 5.92 Å². The van der Waals surface area contributed by atoms with Gasteiger partial charge in [-0.25, -0.2) is 0 Å². The van der Waals surface area contributed by atoms with Gasteiger partial charge in [-0.1, -0.05) is 26.0 Å². The summed E-state index contributed by atoms with van der Waals surface area (Å²) in [6.07, 6.45) is 1.42. The average molecular weight is 571 g/mol. The van der Waals surface area contributed by atoms with Gasteiger partial charge in [0.15, 0.2) is 5.96 Å². The number of amides is 1. The van der Waals surface area contributed by atoms with Gasteiger partial charge < -0.3 is 20.3 Å². The van der Waals surface area contributed by atoms with E-state index in [0.717, 1.165) is 30.8 Å². The second kappa shape index (κ2) is 13.0. The zero-order valence-electron chi connectivity index (χ0n) is 19.4. The summed E-state index contributed by atoms with van der Waals surface area (Å²) in [5, 5.41) is 8.77. The van der Waals surface area contributed by atoms with Gasteiger partial charge in [-0.05, 0) is 54.0 Å². The number of nitrogens with one attached hydrogen (secondary N) is 2. The van der Waals surface area contributed by atoms with Crippen LogP contribution in [0.5, 0.6) is 5.75 Å². The van der Waals surface area contributed by atoms with E-state index in [1.807, 2.05) is 17.0 Å². The van der Waals surface area contributed by atoms with Gasteiger partial charge in [0, 0.05) is 38.0 Å². The van der Waals surface area contributed by atoms with Gasteiger partial charge in [0.1, 0.15) is 5.75 Å². The van der Waals surface area contributed by atoms with E-state index in [4.69, 9.17) is 4.74 Å². The number of nitrogens with zero attached hydrogens (tertiary/aromatic N) is 2. The fraction of sp³-hybridized carbons (Fsp3) is 0.500. The molecule has 2 aromatic rings. The molecule has 0 spiro atoms. The van der Waals surface area contributed by atoms with Crippen LogP contribution < -0.4 is 15.4 Å². The lowest BCUT2D eigenvalue weighted by atomic mass is 10.1. The second-order valence-electron chi connectivity index (χ2n) is 8.32. The minimum atomic E-state index is 0. The first-order valence-corrected chi connectivity index (χ1v) is 11.9. The lowest BCUT2D eigenvalue weighted by Gasteiger charge is -2.27. The zero-order chi connectivity index (χ0) is 22.2. The van der Waals surface area contributed by atoms with Crippen molar-refractivity contribution < 1.29 is 9.53 Å². The molecule has 6 nitrogen and oxygen atoms in total. The minimum Gasteiger partial charge on any atom is -0.493 e. The fourth-order valence-corrected chi connectivity index (χ4v) is 4.40. The third-order valence-corrected chi connectivity index (χ3v) is 6.35. The van der Waals surface area contributed by atoms with Crippen LogP contribution >= 0.6 is 35.3 Å². The highest BCUT2D eigenvalue weighted by atomic mass is 127. The number of thiophene rings is 1. The standard InChI is InChI=1S/C24H34N4O2S.HI/c1-17(2)16-30-21-7-5-19(6-8-21)18(3)27-24(25-4)26-12-9-23(29)28-13-10-22-20(15-28)11-14-31-22;/h5-8,11,14,17-18H,9-10,12-13,15-16H2,1-4H3,(H2,25,26,27);1H. The second-order valence-corrected chi connectivity index (χ2v) is 9.32. The molecule has 2 heterocycles. The summed E-state index contributed by atoms with van der Waals surface area (Å²) in [6.45, 7) is 9.19. The van der Waals surface area contributed by atoms with E-state index in [0.29, 0.717) is 31.4 Å². The molecule has 1 atom stereocenters. The third-order valence-electron chi connectivity index (χ3n) is 5.33. The first-order chi connectivity index (χ1) is 15.0. The molecule has 1 aromatic carbocycles. The summed E-state index contributed by atoms with van der Waals surface area (Å²) in [7, 11) is 1.75. The lowest BCUT2D eigenvalue weighted by molar-refractivity contribution is -0.131. The van der Waals surface area contributed by atoms with Gasteiger partial charge in [-0.3, -0.25) is 9.79 Å². The predicted octanol–water partition coefficient (Wildman–Crippen LogP) is 4.60. The number of carbonyl (C=O) groups excluding carboxylic acids is 1. The molecule has 1 aliphatic rings. The van der Waals surface area contributed by atoms with E-state index >= 15 is 0 Å². The molecule has 176 valence electrons. The van der Waals surface area contributed by atoms with Crippen LogP contribution in [0.1, 0.15) is 49.2 Å². The maximum Gasteiger partial charge on any atom is 0.224 e. The highest BCUT2D eigenvalue weighted by Gasteiger charge is 2.21. The van der Waals surface area contributed by atoms with Crippen LogP contribution in [0.2, 0.25) is 0 Å². The smallest absolute Gasteiger partial charge is 0.224 e.